The Morgan fingerprint density at radius 2 is 1.75 bits per heavy atom. The summed E-state index contributed by atoms with van der Waals surface area (Å²) in [6.45, 7) is 2.72. The number of ether oxygens (including phenoxy) is 3. The number of nitrogens with zero attached hydrogens (tertiary/aromatic N) is 2. The lowest BCUT2D eigenvalue weighted by atomic mass is 10.0. The Labute approximate surface area is 209 Å². The van der Waals surface area contributed by atoms with E-state index >= 15 is 0 Å². The summed E-state index contributed by atoms with van der Waals surface area (Å²) in [6, 6.07) is 14.3. The van der Waals surface area contributed by atoms with Gasteiger partial charge in [-0.2, -0.15) is 0 Å². The molecule has 3 N–H and O–H groups in total. The fourth-order valence-corrected chi connectivity index (χ4v) is 4.58. The first-order valence-corrected chi connectivity index (χ1v) is 12.1. The second-order valence-electron chi connectivity index (χ2n) is 8.88. The maximum Gasteiger partial charge on any atom is 0.319 e. The second kappa shape index (κ2) is 10.9. The third-order valence-corrected chi connectivity index (χ3v) is 6.52. The van der Waals surface area contributed by atoms with Crippen LogP contribution in [-0.4, -0.2) is 79.8 Å². The first-order chi connectivity index (χ1) is 17.6. The first-order valence-electron chi connectivity index (χ1n) is 12.1. The number of aliphatic hydroxyl groups is 1. The number of fused-ring (bicyclic) bond motifs is 1. The van der Waals surface area contributed by atoms with Crippen molar-refractivity contribution in [3.8, 4) is 11.5 Å². The molecule has 5 rings (SSSR count). The second-order valence-corrected chi connectivity index (χ2v) is 8.88. The molecule has 36 heavy (non-hydrogen) atoms. The standard InChI is InChI=1S/C26H30N4O6/c31-16-24-21(28-26(33)27-18-6-9-22-23(14-18)35-17-34-22)8-7-20(36-24)15-25(32)30-12-10-29(11-13-30)19-4-2-1-3-5-19/h1-9,14,20-21,24,31H,10-13,15-17H2,(H2,27,28,33)/t20-,21-,24-/m0/s1. The largest absolute Gasteiger partial charge is 0.454 e. The van der Waals surface area contributed by atoms with Crippen molar-refractivity contribution >= 4 is 23.3 Å². The number of amides is 3. The molecular formula is C26H30N4O6. The highest BCUT2D eigenvalue weighted by Crippen LogP contribution is 2.34. The predicted molar refractivity (Wildman–Crippen MR) is 133 cm³/mol. The Kier molecular flexibility index (Phi) is 7.24. The van der Waals surface area contributed by atoms with Crippen molar-refractivity contribution in [2.45, 2.75) is 24.7 Å². The van der Waals surface area contributed by atoms with Gasteiger partial charge in [0.05, 0.1) is 25.2 Å². The van der Waals surface area contributed by atoms with Crippen molar-refractivity contribution in [2.75, 3.05) is 49.8 Å². The van der Waals surface area contributed by atoms with Gasteiger partial charge in [-0.1, -0.05) is 30.4 Å². The molecule has 2 aromatic carbocycles. The Balaban J connectivity index is 1.11. The van der Waals surface area contributed by atoms with Crippen LogP contribution in [0.3, 0.4) is 0 Å². The summed E-state index contributed by atoms with van der Waals surface area (Å²) in [5.41, 5.74) is 1.71. The summed E-state index contributed by atoms with van der Waals surface area (Å²) in [6.07, 6.45) is 2.61. The number of para-hydroxylation sites is 1. The fourth-order valence-electron chi connectivity index (χ4n) is 4.58. The van der Waals surface area contributed by atoms with Crippen LogP contribution in [0.5, 0.6) is 11.5 Å². The molecule has 3 aliphatic rings. The number of aliphatic hydroxyl groups excluding tert-OH is 1. The van der Waals surface area contributed by atoms with E-state index in [1.165, 1.54) is 0 Å². The predicted octanol–water partition coefficient (Wildman–Crippen LogP) is 1.96. The van der Waals surface area contributed by atoms with Crippen LogP contribution in [-0.2, 0) is 9.53 Å². The molecule has 190 valence electrons. The summed E-state index contributed by atoms with van der Waals surface area (Å²) in [5.74, 6) is 1.21. The topological polar surface area (TPSA) is 113 Å². The molecule has 0 saturated carbocycles. The summed E-state index contributed by atoms with van der Waals surface area (Å²) >= 11 is 0. The Hall–Kier alpha value is -3.76. The van der Waals surface area contributed by atoms with Crippen molar-refractivity contribution in [1.29, 1.82) is 0 Å². The van der Waals surface area contributed by atoms with E-state index in [4.69, 9.17) is 14.2 Å². The van der Waals surface area contributed by atoms with Gasteiger partial charge >= 0.3 is 6.03 Å². The fraction of sp³-hybridized carbons (Fsp3) is 0.385. The molecular weight excluding hydrogens is 464 g/mol. The molecule has 0 aliphatic carbocycles. The van der Waals surface area contributed by atoms with Crippen LogP contribution >= 0.6 is 0 Å². The molecule has 0 spiro atoms. The molecule has 10 heteroatoms. The summed E-state index contributed by atoms with van der Waals surface area (Å²) in [4.78, 5) is 29.5. The Morgan fingerprint density at radius 3 is 2.53 bits per heavy atom. The van der Waals surface area contributed by atoms with Crippen LogP contribution < -0.4 is 25.0 Å². The number of urea groups is 1. The summed E-state index contributed by atoms with van der Waals surface area (Å²) < 4.78 is 16.5. The third kappa shape index (κ3) is 5.55. The van der Waals surface area contributed by atoms with Crippen LogP contribution in [0.1, 0.15) is 6.42 Å². The average molecular weight is 495 g/mol. The van der Waals surface area contributed by atoms with Gasteiger partial charge in [0.15, 0.2) is 11.5 Å². The lowest BCUT2D eigenvalue weighted by Crippen LogP contribution is -2.51. The summed E-state index contributed by atoms with van der Waals surface area (Å²) in [5, 5.41) is 15.4. The quantitative estimate of drug-likeness (QED) is 0.527. The van der Waals surface area contributed by atoms with Crippen LogP contribution in [0, 0.1) is 0 Å². The van der Waals surface area contributed by atoms with Crippen LogP contribution in [0.4, 0.5) is 16.2 Å². The SMILES string of the molecule is O=C(Nc1ccc2c(c1)OCO2)N[C@H]1C=C[C@@H](CC(=O)N2CCN(c3ccccc3)CC2)O[C@H]1CO. The van der Waals surface area contributed by atoms with Gasteiger partial charge in [0.1, 0.15) is 6.10 Å². The third-order valence-electron chi connectivity index (χ3n) is 6.52. The molecule has 3 aliphatic heterocycles. The molecule has 1 saturated heterocycles. The van der Waals surface area contributed by atoms with Gasteiger partial charge in [0.25, 0.3) is 0 Å². The summed E-state index contributed by atoms with van der Waals surface area (Å²) in [7, 11) is 0. The molecule has 1 fully saturated rings. The molecule has 2 aromatic rings. The van der Waals surface area contributed by atoms with E-state index in [0.717, 1.165) is 18.8 Å². The molecule has 0 bridgehead atoms. The van der Waals surface area contributed by atoms with Gasteiger partial charge < -0.3 is 39.8 Å². The number of carbonyl (C=O) groups excluding carboxylic acids is 2. The van der Waals surface area contributed by atoms with E-state index < -0.39 is 24.3 Å². The molecule has 0 unspecified atom stereocenters. The lowest BCUT2D eigenvalue weighted by molar-refractivity contribution is -0.135. The minimum absolute atomic E-state index is 0.0148. The zero-order chi connectivity index (χ0) is 24.9. The number of piperazine rings is 1. The molecule has 3 heterocycles. The van der Waals surface area contributed by atoms with Crippen molar-refractivity contribution in [2.24, 2.45) is 0 Å². The van der Waals surface area contributed by atoms with Crippen LogP contribution in [0.25, 0.3) is 0 Å². The number of anilines is 2. The number of benzene rings is 2. The minimum Gasteiger partial charge on any atom is -0.454 e. The highest BCUT2D eigenvalue weighted by atomic mass is 16.7. The zero-order valence-corrected chi connectivity index (χ0v) is 19.8. The number of hydrogen-bond acceptors (Lipinski definition) is 7. The van der Waals surface area contributed by atoms with E-state index in [1.807, 2.05) is 23.1 Å². The number of nitrogens with one attached hydrogen (secondary N) is 2. The van der Waals surface area contributed by atoms with E-state index in [1.54, 1.807) is 30.4 Å². The monoisotopic (exact) mass is 494 g/mol. The van der Waals surface area contributed by atoms with Gasteiger partial charge in [0.2, 0.25) is 12.7 Å². The zero-order valence-electron chi connectivity index (χ0n) is 19.8. The first kappa shape index (κ1) is 24.0. The van der Waals surface area contributed by atoms with Gasteiger partial charge in [-0.3, -0.25) is 4.79 Å². The van der Waals surface area contributed by atoms with Crippen LogP contribution in [0.15, 0.2) is 60.7 Å². The van der Waals surface area contributed by atoms with Gasteiger partial charge in [-0.15, -0.1) is 0 Å². The number of hydrogen-bond donors (Lipinski definition) is 3. The van der Waals surface area contributed by atoms with Gasteiger partial charge in [0, 0.05) is 43.6 Å². The molecule has 0 radical (unpaired) electrons. The number of rotatable bonds is 6. The molecule has 10 nitrogen and oxygen atoms in total. The highest BCUT2D eigenvalue weighted by molar-refractivity contribution is 5.90. The smallest absolute Gasteiger partial charge is 0.319 e. The minimum atomic E-state index is -0.662. The van der Waals surface area contributed by atoms with E-state index in [-0.39, 0.29) is 25.7 Å². The normalized spacial score (nSPS) is 22.9. The molecule has 3 amide bonds. The van der Waals surface area contributed by atoms with E-state index in [2.05, 4.69) is 27.7 Å². The number of carbonyl (C=O) groups is 2. The van der Waals surface area contributed by atoms with Gasteiger partial charge in [-0.25, -0.2) is 4.79 Å². The average Bonchev–Trinajstić information content (AvgIpc) is 3.38. The highest BCUT2D eigenvalue weighted by Gasteiger charge is 2.31. The maximum absolute atomic E-state index is 12.9. The van der Waals surface area contributed by atoms with Gasteiger partial charge in [-0.05, 0) is 24.3 Å². The van der Waals surface area contributed by atoms with Crippen molar-refractivity contribution in [1.82, 2.24) is 10.2 Å². The van der Waals surface area contributed by atoms with Crippen molar-refractivity contribution < 1.29 is 28.9 Å². The van der Waals surface area contributed by atoms with Crippen molar-refractivity contribution in [3.05, 3.63) is 60.7 Å². The molecule has 0 aromatic heterocycles. The van der Waals surface area contributed by atoms with E-state index in [0.29, 0.717) is 30.3 Å². The van der Waals surface area contributed by atoms with Crippen molar-refractivity contribution in [3.63, 3.8) is 0 Å². The Morgan fingerprint density at radius 1 is 0.972 bits per heavy atom. The van der Waals surface area contributed by atoms with Crippen LogP contribution in [0.2, 0.25) is 0 Å². The van der Waals surface area contributed by atoms with E-state index in [9.17, 15) is 14.7 Å². The maximum atomic E-state index is 12.9. The molecule has 3 atom stereocenters. The Bertz CT molecular complexity index is 1100. The lowest BCUT2D eigenvalue weighted by Gasteiger charge is -2.37.